The molecule has 2 saturated carbocycles. The van der Waals surface area contributed by atoms with Gasteiger partial charge in [0.1, 0.15) is 17.3 Å². The van der Waals surface area contributed by atoms with Crippen LogP contribution in [-0.4, -0.2) is 34.9 Å². The number of nitrogens with zero attached hydrogens (tertiary/aromatic N) is 2. The fourth-order valence-electron chi connectivity index (χ4n) is 5.74. The summed E-state index contributed by atoms with van der Waals surface area (Å²) in [5, 5.41) is 13.1. The molecule has 1 aromatic heterocycles. The van der Waals surface area contributed by atoms with Gasteiger partial charge in [0.25, 0.3) is 0 Å². The number of carbonyl (C=O) groups is 1. The zero-order valence-corrected chi connectivity index (χ0v) is 19.7. The molecule has 2 heterocycles. The quantitative estimate of drug-likeness (QED) is 0.374. The second-order valence-electron chi connectivity index (χ2n) is 10.1. The van der Waals surface area contributed by atoms with Crippen molar-refractivity contribution in [2.24, 2.45) is 5.92 Å². The van der Waals surface area contributed by atoms with Crippen LogP contribution in [0.5, 0.6) is 0 Å². The maximum Gasteiger partial charge on any atom is 0.417 e. The van der Waals surface area contributed by atoms with E-state index in [0.29, 0.717) is 30.0 Å². The van der Waals surface area contributed by atoms with Crippen molar-refractivity contribution in [3.8, 4) is 11.3 Å². The molecule has 2 bridgehead atoms. The molecule has 0 unspecified atom stereocenters. The molecule has 6 nitrogen and oxygen atoms in total. The van der Waals surface area contributed by atoms with Gasteiger partial charge in [0.05, 0.1) is 29.5 Å². The van der Waals surface area contributed by atoms with Crippen LogP contribution in [0.4, 0.5) is 23.2 Å². The van der Waals surface area contributed by atoms with E-state index in [4.69, 9.17) is 14.4 Å². The van der Waals surface area contributed by atoms with Gasteiger partial charge in [-0.15, -0.1) is 0 Å². The number of hydrogen-bond acceptors (Lipinski definition) is 5. The molecule has 3 fully saturated rings. The largest absolute Gasteiger partial charge is 0.478 e. The molecule has 3 aliphatic rings. The number of anilines is 1. The first-order chi connectivity index (χ1) is 17.7. The summed E-state index contributed by atoms with van der Waals surface area (Å²) in [4.78, 5) is 13.1. The zero-order chi connectivity index (χ0) is 25.9. The predicted molar refractivity (Wildman–Crippen MR) is 125 cm³/mol. The maximum absolute atomic E-state index is 14.6. The van der Waals surface area contributed by atoms with Gasteiger partial charge in [-0.3, -0.25) is 0 Å². The van der Waals surface area contributed by atoms with E-state index < -0.39 is 23.5 Å². The monoisotopic (exact) mass is 516 g/mol. The fraction of sp³-hybridized carbons (Fsp3) is 0.407. The van der Waals surface area contributed by atoms with Crippen molar-refractivity contribution in [3.05, 3.63) is 70.7 Å². The lowest BCUT2D eigenvalue weighted by molar-refractivity contribution is -0.137. The van der Waals surface area contributed by atoms with Gasteiger partial charge < -0.3 is 19.3 Å². The molecular formula is C27H24F4N2O4. The fourth-order valence-corrected chi connectivity index (χ4v) is 5.74. The lowest BCUT2D eigenvalue weighted by atomic mass is 9.99. The molecule has 1 aliphatic heterocycles. The maximum atomic E-state index is 14.6. The van der Waals surface area contributed by atoms with Gasteiger partial charge in [-0.05, 0) is 49.9 Å². The SMILES string of the molecule is O=C(O)c1ccc(N2C[C@@H]3C[C@H]2C[C@H]3OCc2c(-c3ccccc3C(F)(F)F)noc2C2CC2)c(F)c1. The Hall–Kier alpha value is -3.40. The van der Waals surface area contributed by atoms with Crippen LogP contribution >= 0.6 is 0 Å². The second-order valence-corrected chi connectivity index (χ2v) is 10.1. The van der Waals surface area contributed by atoms with Crippen molar-refractivity contribution >= 4 is 11.7 Å². The Balaban J connectivity index is 1.20. The van der Waals surface area contributed by atoms with Crippen LogP contribution in [0, 0.1) is 11.7 Å². The number of hydrogen-bond donors (Lipinski definition) is 1. The molecule has 1 saturated heterocycles. The number of benzene rings is 2. The van der Waals surface area contributed by atoms with Gasteiger partial charge in [0.2, 0.25) is 0 Å². The highest BCUT2D eigenvalue weighted by Crippen LogP contribution is 2.47. The molecule has 2 aliphatic carbocycles. The van der Waals surface area contributed by atoms with E-state index in [1.165, 1.54) is 24.3 Å². The van der Waals surface area contributed by atoms with Crippen molar-refractivity contribution in [2.45, 2.75) is 56.5 Å². The normalized spacial score (nSPS) is 23.1. The van der Waals surface area contributed by atoms with Crippen molar-refractivity contribution in [3.63, 3.8) is 0 Å². The number of ether oxygens (including phenoxy) is 1. The number of rotatable bonds is 7. The lowest BCUT2D eigenvalue weighted by Gasteiger charge is -2.33. The average molecular weight is 516 g/mol. The first-order valence-electron chi connectivity index (χ1n) is 12.3. The van der Waals surface area contributed by atoms with E-state index in [9.17, 15) is 22.4 Å². The number of carboxylic acid groups (broad SMARTS) is 1. The smallest absolute Gasteiger partial charge is 0.417 e. The minimum absolute atomic E-state index is 0.0244. The first kappa shape index (κ1) is 24.0. The average Bonchev–Trinajstić information content (AvgIpc) is 3.31. The van der Waals surface area contributed by atoms with Crippen LogP contribution in [0.2, 0.25) is 0 Å². The highest BCUT2D eigenvalue weighted by Gasteiger charge is 2.46. The van der Waals surface area contributed by atoms with Gasteiger partial charge >= 0.3 is 12.1 Å². The minimum Gasteiger partial charge on any atom is -0.478 e. The summed E-state index contributed by atoms with van der Waals surface area (Å²) in [5.74, 6) is -0.893. The second kappa shape index (κ2) is 8.86. The molecule has 0 radical (unpaired) electrons. The van der Waals surface area contributed by atoms with Crippen LogP contribution in [0.15, 0.2) is 47.0 Å². The summed E-state index contributed by atoms with van der Waals surface area (Å²) in [6.45, 7) is 0.647. The third kappa shape index (κ3) is 4.37. The summed E-state index contributed by atoms with van der Waals surface area (Å²) < 4.78 is 67.5. The Bertz CT molecular complexity index is 1350. The zero-order valence-electron chi connectivity index (χ0n) is 19.7. The van der Waals surface area contributed by atoms with E-state index >= 15 is 0 Å². The van der Waals surface area contributed by atoms with Crippen LogP contribution in [0.3, 0.4) is 0 Å². The number of halogens is 4. The number of aromatic carboxylic acids is 1. The molecule has 0 spiro atoms. The Labute approximate surface area is 209 Å². The molecular weight excluding hydrogens is 492 g/mol. The molecule has 37 heavy (non-hydrogen) atoms. The molecule has 3 atom stereocenters. The Morgan fingerprint density at radius 1 is 1.16 bits per heavy atom. The number of alkyl halides is 3. The van der Waals surface area contributed by atoms with E-state index in [-0.39, 0.29) is 47.4 Å². The van der Waals surface area contributed by atoms with Crippen LogP contribution < -0.4 is 4.90 Å². The van der Waals surface area contributed by atoms with E-state index in [2.05, 4.69) is 5.16 Å². The van der Waals surface area contributed by atoms with Gasteiger partial charge in [-0.1, -0.05) is 23.4 Å². The third-order valence-electron chi connectivity index (χ3n) is 7.68. The number of carboxylic acids is 1. The van der Waals surface area contributed by atoms with Crippen LogP contribution in [-0.2, 0) is 17.5 Å². The van der Waals surface area contributed by atoms with E-state index in [1.807, 2.05) is 4.90 Å². The van der Waals surface area contributed by atoms with Gasteiger partial charge in [-0.25, -0.2) is 9.18 Å². The molecule has 3 aromatic rings. The van der Waals surface area contributed by atoms with Crippen molar-refractivity contribution in [1.29, 1.82) is 0 Å². The Morgan fingerprint density at radius 3 is 2.59 bits per heavy atom. The molecule has 6 rings (SSSR count). The van der Waals surface area contributed by atoms with Gasteiger partial charge in [-0.2, -0.15) is 13.2 Å². The molecule has 10 heteroatoms. The van der Waals surface area contributed by atoms with Gasteiger partial charge in [0, 0.05) is 35.5 Å². The van der Waals surface area contributed by atoms with Crippen molar-refractivity contribution < 1.29 is 36.7 Å². The van der Waals surface area contributed by atoms with E-state index in [0.717, 1.165) is 31.4 Å². The van der Waals surface area contributed by atoms with Crippen molar-refractivity contribution in [2.75, 3.05) is 11.4 Å². The number of aromatic nitrogens is 1. The summed E-state index contributed by atoms with van der Waals surface area (Å²) in [6, 6.07) is 9.31. The van der Waals surface area contributed by atoms with Crippen LogP contribution in [0.1, 0.15) is 58.8 Å². The molecule has 2 aromatic carbocycles. The first-order valence-corrected chi connectivity index (χ1v) is 12.3. The molecule has 1 N–H and O–H groups in total. The summed E-state index contributed by atoms with van der Waals surface area (Å²) >= 11 is 0. The Morgan fingerprint density at radius 2 is 1.95 bits per heavy atom. The number of piperidine rings is 1. The summed E-state index contributed by atoms with van der Waals surface area (Å²) in [7, 11) is 0. The predicted octanol–water partition coefficient (Wildman–Crippen LogP) is 6.26. The molecule has 0 amide bonds. The summed E-state index contributed by atoms with van der Waals surface area (Å²) in [5.41, 5.74) is 0.211. The highest BCUT2D eigenvalue weighted by molar-refractivity contribution is 5.88. The topological polar surface area (TPSA) is 75.8 Å². The van der Waals surface area contributed by atoms with Crippen LogP contribution in [0.25, 0.3) is 11.3 Å². The summed E-state index contributed by atoms with van der Waals surface area (Å²) in [6.07, 6.45) is -1.41. The minimum atomic E-state index is -4.53. The standard InChI is InChI=1S/C27H24F4N2O4/c28-21-10-15(26(34)35)7-8-22(21)33-12-16-9-17(33)11-23(16)36-13-19-24(32-37-25(19)14-5-6-14)18-3-1-2-4-20(18)27(29,30)31/h1-4,7-8,10,14,16-17,23H,5-6,9,11-13H2,(H,34,35)/t16-,17-,23+/m0/s1. The Kier molecular flexibility index (Phi) is 5.74. The van der Waals surface area contributed by atoms with Gasteiger partial charge in [0.15, 0.2) is 0 Å². The lowest BCUT2D eigenvalue weighted by Crippen LogP contribution is -2.39. The molecule has 194 valence electrons. The highest BCUT2D eigenvalue weighted by atomic mass is 19.4. The van der Waals surface area contributed by atoms with E-state index in [1.54, 1.807) is 6.07 Å². The van der Waals surface area contributed by atoms with Crippen molar-refractivity contribution in [1.82, 2.24) is 5.16 Å². The number of fused-ring (bicyclic) bond motifs is 2. The third-order valence-corrected chi connectivity index (χ3v) is 7.68.